The number of fused-ring (bicyclic) bond motifs is 1. The standard InChI is InChI=1S/C16H18N2O2S/c1-21(19,20)14-4-2-3-13(10-14)18-16-8-5-11-9-12(17)6-7-15(11)16/h2-4,6-7,9-10,16,18H,5,8,17H2,1H3. The summed E-state index contributed by atoms with van der Waals surface area (Å²) in [5.41, 5.74) is 9.94. The van der Waals surface area contributed by atoms with Gasteiger partial charge < -0.3 is 11.1 Å². The number of nitrogens with one attached hydrogen (secondary N) is 1. The highest BCUT2D eigenvalue weighted by Crippen LogP contribution is 2.35. The maximum absolute atomic E-state index is 11.6. The van der Waals surface area contributed by atoms with Crippen molar-refractivity contribution in [2.45, 2.75) is 23.8 Å². The van der Waals surface area contributed by atoms with E-state index in [1.165, 1.54) is 17.4 Å². The first-order chi connectivity index (χ1) is 9.93. The van der Waals surface area contributed by atoms with Gasteiger partial charge in [0.15, 0.2) is 9.84 Å². The average Bonchev–Trinajstić information content (AvgIpc) is 2.80. The predicted octanol–water partition coefficient (Wildman–Crippen LogP) is 2.77. The molecule has 0 fully saturated rings. The Labute approximate surface area is 124 Å². The lowest BCUT2D eigenvalue weighted by atomic mass is 10.1. The topological polar surface area (TPSA) is 72.2 Å². The van der Waals surface area contributed by atoms with E-state index >= 15 is 0 Å². The monoisotopic (exact) mass is 302 g/mol. The van der Waals surface area contributed by atoms with E-state index in [0.29, 0.717) is 4.90 Å². The van der Waals surface area contributed by atoms with Crippen LogP contribution in [0.4, 0.5) is 11.4 Å². The van der Waals surface area contributed by atoms with Gasteiger partial charge in [-0.2, -0.15) is 0 Å². The average molecular weight is 302 g/mol. The SMILES string of the molecule is CS(=O)(=O)c1cccc(NC2CCc3cc(N)ccc32)c1. The van der Waals surface area contributed by atoms with Crippen LogP contribution in [0.5, 0.6) is 0 Å². The van der Waals surface area contributed by atoms with Crippen LogP contribution in [0.15, 0.2) is 47.4 Å². The Morgan fingerprint density at radius 3 is 2.76 bits per heavy atom. The van der Waals surface area contributed by atoms with Crippen LogP contribution in [0.25, 0.3) is 0 Å². The number of benzene rings is 2. The smallest absolute Gasteiger partial charge is 0.175 e. The fraction of sp³-hybridized carbons (Fsp3) is 0.250. The Morgan fingerprint density at radius 2 is 2.00 bits per heavy atom. The molecule has 2 aromatic carbocycles. The zero-order chi connectivity index (χ0) is 15.0. The van der Waals surface area contributed by atoms with E-state index in [-0.39, 0.29) is 6.04 Å². The van der Waals surface area contributed by atoms with E-state index in [0.717, 1.165) is 24.2 Å². The van der Waals surface area contributed by atoms with Crippen molar-refractivity contribution < 1.29 is 8.42 Å². The first-order valence-electron chi connectivity index (χ1n) is 6.88. The fourth-order valence-corrected chi connectivity index (χ4v) is 3.47. The Kier molecular flexibility index (Phi) is 3.37. The molecule has 0 aromatic heterocycles. The molecular formula is C16H18N2O2S. The molecule has 21 heavy (non-hydrogen) atoms. The molecule has 0 saturated carbocycles. The van der Waals surface area contributed by atoms with E-state index < -0.39 is 9.84 Å². The van der Waals surface area contributed by atoms with Crippen molar-refractivity contribution in [3.63, 3.8) is 0 Å². The Morgan fingerprint density at radius 1 is 1.19 bits per heavy atom. The molecule has 3 N–H and O–H groups in total. The normalized spacial score (nSPS) is 17.5. The van der Waals surface area contributed by atoms with Gasteiger partial charge >= 0.3 is 0 Å². The second kappa shape index (κ2) is 5.07. The van der Waals surface area contributed by atoms with Crippen LogP contribution in [0.3, 0.4) is 0 Å². The van der Waals surface area contributed by atoms with E-state index in [1.807, 2.05) is 18.2 Å². The Bertz CT molecular complexity index is 785. The lowest BCUT2D eigenvalue weighted by Gasteiger charge is -2.16. The summed E-state index contributed by atoms with van der Waals surface area (Å²) in [4.78, 5) is 0.336. The van der Waals surface area contributed by atoms with Crippen LogP contribution in [0.2, 0.25) is 0 Å². The predicted molar refractivity (Wildman–Crippen MR) is 85.1 cm³/mol. The molecule has 0 bridgehead atoms. The molecule has 1 aliphatic carbocycles. The van der Waals surface area contributed by atoms with Crippen LogP contribution in [0.1, 0.15) is 23.6 Å². The maximum Gasteiger partial charge on any atom is 0.175 e. The molecule has 0 spiro atoms. The number of sulfone groups is 1. The summed E-state index contributed by atoms with van der Waals surface area (Å²) in [7, 11) is -3.18. The number of hydrogen-bond acceptors (Lipinski definition) is 4. The molecule has 4 nitrogen and oxygen atoms in total. The first kappa shape index (κ1) is 13.9. The molecule has 1 aliphatic rings. The van der Waals surface area contributed by atoms with Crippen molar-refractivity contribution >= 4 is 21.2 Å². The molecule has 0 saturated heterocycles. The molecule has 0 aliphatic heterocycles. The summed E-state index contributed by atoms with van der Waals surface area (Å²) in [6.07, 6.45) is 3.20. The van der Waals surface area contributed by atoms with Crippen LogP contribution in [0, 0.1) is 0 Å². The first-order valence-corrected chi connectivity index (χ1v) is 8.77. The van der Waals surface area contributed by atoms with Gasteiger partial charge in [0, 0.05) is 17.6 Å². The van der Waals surface area contributed by atoms with Gasteiger partial charge in [-0.25, -0.2) is 8.42 Å². The summed E-state index contributed by atoms with van der Waals surface area (Å²) in [6, 6.07) is 13.1. The van der Waals surface area contributed by atoms with Gasteiger partial charge in [0.2, 0.25) is 0 Å². The van der Waals surface area contributed by atoms with E-state index in [4.69, 9.17) is 5.73 Å². The summed E-state index contributed by atoms with van der Waals surface area (Å²) in [5, 5.41) is 3.42. The van der Waals surface area contributed by atoms with Crippen LogP contribution in [-0.2, 0) is 16.3 Å². The van der Waals surface area contributed by atoms with Crippen LogP contribution in [-0.4, -0.2) is 14.7 Å². The van der Waals surface area contributed by atoms with Crippen molar-refractivity contribution in [2.24, 2.45) is 0 Å². The number of nitrogens with two attached hydrogens (primary N) is 1. The van der Waals surface area contributed by atoms with Crippen molar-refractivity contribution in [1.29, 1.82) is 0 Å². The zero-order valence-electron chi connectivity index (χ0n) is 11.8. The van der Waals surface area contributed by atoms with Crippen molar-refractivity contribution in [2.75, 3.05) is 17.3 Å². The van der Waals surface area contributed by atoms with Crippen molar-refractivity contribution in [3.8, 4) is 0 Å². The third-order valence-electron chi connectivity index (χ3n) is 3.85. The molecule has 1 unspecified atom stereocenters. The van der Waals surface area contributed by atoms with Gasteiger partial charge in [-0.1, -0.05) is 12.1 Å². The largest absolute Gasteiger partial charge is 0.399 e. The molecule has 0 heterocycles. The van der Waals surface area contributed by atoms with E-state index in [2.05, 4.69) is 11.4 Å². The molecular weight excluding hydrogens is 284 g/mol. The number of nitrogen functional groups attached to an aromatic ring is 1. The summed E-state index contributed by atoms with van der Waals surface area (Å²) >= 11 is 0. The number of hydrogen-bond donors (Lipinski definition) is 2. The molecule has 5 heteroatoms. The third-order valence-corrected chi connectivity index (χ3v) is 4.96. The fourth-order valence-electron chi connectivity index (χ4n) is 2.81. The Hall–Kier alpha value is -2.01. The van der Waals surface area contributed by atoms with Gasteiger partial charge in [-0.05, 0) is 54.3 Å². The van der Waals surface area contributed by atoms with Gasteiger partial charge in [0.25, 0.3) is 0 Å². The molecule has 3 rings (SSSR count). The van der Waals surface area contributed by atoms with Crippen LogP contribution >= 0.6 is 0 Å². The summed E-state index contributed by atoms with van der Waals surface area (Å²) < 4.78 is 23.2. The van der Waals surface area contributed by atoms with Crippen molar-refractivity contribution in [1.82, 2.24) is 0 Å². The highest BCUT2D eigenvalue weighted by Gasteiger charge is 2.22. The van der Waals surface area contributed by atoms with Gasteiger partial charge in [-0.3, -0.25) is 0 Å². The lowest BCUT2D eigenvalue weighted by molar-refractivity contribution is 0.602. The van der Waals surface area contributed by atoms with Gasteiger partial charge in [0.1, 0.15) is 0 Å². The highest BCUT2D eigenvalue weighted by atomic mass is 32.2. The second-order valence-electron chi connectivity index (χ2n) is 5.49. The zero-order valence-corrected chi connectivity index (χ0v) is 12.7. The van der Waals surface area contributed by atoms with E-state index in [1.54, 1.807) is 18.2 Å². The Balaban J connectivity index is 1.87. The number of rotatable bonds is 3. The maximum atomic E-state index is 11.6. The summed E-state index contributed by atoms with van der Waals surface area (Å²) in [5.74, 6) is 0. The molecule has 110 valence electrons. The van der Waals surface area contributed by atoms with Crippen molar-refractivity contribution in [3.05, 3.63) is 53.6 Å². The van der Waals surface area contributed by atoms with Gasteiger partial charge in [0.05, 0.1) is 10.9 Å². The minimum absolute atomic E-state index is 0.204. The van der Waals surface area contributed by atoms with Gasteiger partial charge in [-0.15, -0.1) is 0 Å². The summed E-state index contributed by atoms with van der Waals surface area (Å²) in [6.45, 7) is 0. The number of aryl methyl sites for hydroxylation is 1. The third kappa shape index (κ3) is 2.88. The molecule has 0 amide bonds. The minimum Gasteiger partial charge on any atom is -0.399 e. The second-order valence-corrected chi connectivity index (χ2v) is 7.51. The van der Waals surface area contributed by atoms with E-state index in [9.17, 15) is 8.42 Å². The quantitative estimate of drug-likeness (QED) is 0.855. The molecule has 1 atom stereocenters. The number of anilines is 2. The minimum atomic E-state index is -3.18. The molecule has 2 aromatic rings. The lowest BCUT2D eigenvalue weighted by Crippen LogP contribution is -2.08. The van der Waals surface area contributed by atoms with Crippen LogP contribution < -0.4 is 11.1 Å². The highest BCUT2D eigenvalue weighted by molar-refractivity contribution is 7.90. The molecule has 0 radical (unpaired) electrons.